The predicted molar refractivity (Wildman–Crippen MR) is 73.7 cm³/mol. The molecule has 19 heavy (non-hydrogen) atoms. The number of hydrogen-bond acceptors (Lipinski definition) is 2. The number of aliphatic hydroxyl groups excluding tert-OH is 1. The van der Waals surface area contributed by atoms with Gasteiger partial charge in [0, 0.05) is 0 Å². The van der Waals surface area contributed by atoms with Crippen molar-refractivity contribution in [2.45, 2.75) is 45.1 Å². The van der Waals surface area contributed by atoms with Gasteiger partial charge in [-0.05, 0) is 42.4 Å². The van der Waals surface area contributed by atoms with Crippen molar-refractivity contribution in [2.75, 3.05) is 7.11 Å². The van der Waals surface area contributed by atoms with E-state index in [1.807, 2.05) is 0 Å². The van der Waals surface area contributed by atoms with Gasteiger partial charge in [-0.3, -0.25) is 0 Å². The Hall–Kier alpha value is -1.09. The zero-order chi connectivity index (χ0) is 13.8. The Morgan fingerprint density at radius 2 is 2.21 bits per heavy atom. The molecule has 0 spiro atoms. The van der Waals surface area contributed by atoms with Crippen LogP contribution in [0.5, 0.6) is 5.75 Å². The minimum absolute atomic E-state index is 0.228. The molecule has 0 amide bonds. The molecule has 1 saturated carbocycles. The Morgan fingerprint density at radius 1 is 1.42 bits per heavy atom. The van der Waals surface area contributed by atoms with Crippen molar-refractivity contribution in [1.82, 2.24) is 0 Å². The van der Waals surface area contributed by atoms with Gasteiger partial charge in [0.2, 0.25) is 0 Å². The maximum absolute atomic E-state index is 13.7. The van der Waals surface area contributed by atoms with Crippen molar-refractivity contribution in [1.29, 1.82) is 0 Å². The summed E-state index contributed by atoms with van der Waals surface area (Å²) in [6, 6.07) is 4.76. The van der Waals surface area contributed by atoms with Crippen LogP contribution < -0.4 is 4.74 Å². The van der Waals surface area contributed by atoms with E-state index in [2.05, 4.69) is 6.92 Å². The van der Waals surface area contributed by atoms with Crippen LogP contribution in [0, 0.1) is 17.7 Å². The van der Waals surface area contributed by atoms with E-state index in [-0.39, 0.29) is 11.7 Å². The molecule has 1 aliphatic carbocycles. The molecular formula is C16H23FO2. The zero-order valence-corrected chi connectivity index (χ0v) is 11.7. The number of rotatable bonds is 4. The molecule has 0 aromatic heterocycles. The van der Waals surface area contributed by atoms with Gasteiger partial charge in [-0.25, -0.2) is 4.39 Å². The molecule has 3 heteroatoms. The highest BCUT2D eigenvalue weighted by Crippen LogP contribution is 2.38. The second-order valence-electron chi connectivity index (χ2n) is 5.54. The Labute approximate surface area is 114 Å². The molecule has 1 aromatic carbocycles. The Morgan fingerprint density at radius 3 is 2.84 bits per heavy atom. The molecule has 0 bridgehead atoms. The number of aliphatic hydroxyl groups is 1. The van der Waals surface area contributed by atoms with Crippen LogP contribution in [0.2, 0.25) is 0 Å². The first-order valence-corrected chi connectivity index (χ1v) is 7.17. The summed E-state index contributed by atoms with van der Waals surface area (Å²) >= 11 is 0. The highest BCUT2D eigenvalue weighted by molar-refractivity contribution is 5.30. The summed E-state index contributed by atoms with van der Waals surface area (Å²) in [6.45, 7) is 2.20. The number of hydrogen-bond donors (Lipinski definition) is 1. The van der Waals surface area contributed by atoms with Crippen molar-refractivity contribution in [3.63, 3.8) is 0 Å². The zero-order valence-electron chi connectivity index (χ0n) is 11.7. The van der Waals surface area contributed by atoms with Gasteiger partial charge in [0.1, 0.15) is 0 Å². The second kappa shape index (κ2) is 6.38. The van der Waals surface area contributed by atoms with E-state index in [0.29, 0.717) is 11.5 Å². The summed E-state index contributed by atoms with van der Waals surface area (Å²) in [5.74, 6) is 0.788. The average molecular weight is 266 g/mol. The third-order valence-corrected chi connectivity index (χ3v) is 4.36. The van der Waals surface area contributed by atoms with Crippen LogP contribution in [0.1, 0.15) is 50.7 Å². The smallest absolute Gasteiger partial charge is 0.165 e. The van der Waals surface area contributed by atoms with E-state index in [1.54, 1.807) is 12.1 Å². The van der Waals surface area contributed by atoms with Gasteiger partial charge < -0.3 is 9.84 Å². The quantitative estimate of drug-likeness (QED) is 0.889. The number of halogens is 1. The average Bonchev–Trinajstić information content (AvgIpc) is 2.46. The Balaban J connectivity index is 2.10. The molecule has 3 unspecified atom stereocenters. The van der Waals surface area contributed by atoms with Gasteiger partial charge in [-0.1, -0.05) is 32.3 Å². The van der Waals surface area contributed by atoms with E-state index < -0.39 is 11.9 Å². The number of benzene rings is 1. The molecule has 2 nitrogen and oxygen atoms in total. The van der Waals surface area contributed by atoms with E-state index in [0.717, 1.165) is 12.8 Å². The summed E-state index contributed by atoms with van der Waals surface area (Å²) in [6.07, 6.45) is 5.11. The van der Waals surface area contributed by atoms with Gasteiger partial charge in [0.05, 0.1) is 13.2 Å². The van der Waals surface area contributed by atoms with E-state index in [9.17, 15) is 9.50 Å². The summed E-state index contributed by atoms with van der Waals surface area (Å²) in [5.41, 5.74) is 0.667. The van der Waals surface area contributed by atoms with Crippen molar-refractivity contribution < 1.29 is 14.2 Å². The molecule has 1 fully saturated rings. The van der Waals surface area contributed by atoms with E-state index >= 15 is 0 Å². The van der Waals surface area contributed by atoms with Crippen LogP contribution in [-0.2, 0) is 0 Å². The lowest BCUT2D eigenvalue weighted by atomic mass is 9.76. The van der Waals surface area contributed by atoms with Crippen LogP contribution >= 0.6 is 0 Å². The SMILES string of the molecule is CCC1CCCC(C(O)c2ccc(OC)c(F)c2)C1. The van der Waals surface area contributed by atoms with Gasteiger partial charge in [0.15, 0.2) is 11.6 Å². The lowest BCUT2D eigenvalue weighted by Crippen LogP contribution is -2.21. The molecule has 106 valence electrons. The minimum Gasteiger partial charge on any atom is -0.494 e. The van der Waals surface area contributed by atoms with Crippen LogP contribution in [0.15, 0.2) is 18.2 Å². The summed E-state index contributed by atoms with van der Waals surface area (Å²) in [7, 11) is 1.45. The predicted octanol–water partition coefficient (Wildman–Crippen LogP) is 4.08. The molecule has 0 saturated heterocycles. The van der Waals surface area contributed by atoms with Gasteiger partial charge >= 0.3 is 0 Å². The van der Waals surface area contributed by atoms with Gasteiger partial charge in [-0.15, -0.1) is 0 Å². The highest BCUT2D eigenvalue weighted by Gasteiger charge is 2.27. The monoisotopic (exact) mass is 266 g/mol. The molecule has 1 aliphatic rings. The number of methoxy groups -OCH3 is 1. The van der Waals surface area contributed by atoms with Crippen LogP contribution in [0.3, 0.4) is 0 Å². The van der Waals surface area contributed by atoms with Gasteiger partial charge in [0.25, 0.3) is 0 Å². The molecule has 0 heterocycles. The van der Waals surface area contributed by atoms with Crippen LogP contribution in [-0.4, -0.2) is 12.2 Å². The largest absolute Gasteiger partial charge is 0.494 e. The summed E-state index contributed by atoms with van der Waals surface area (Å²) in [4.78, 5) is 0. The fourth-order valence-electron chi connectivity index (χ4n) is 3.13. The molecule has 2 rings (SSSR count). The van der Waals surface area contributed by atoms with Crippen molar-refractivity contribution in [3.8, 4) is 5.75 Å². The third-order valence-electron chi connectivity index (χ3n) is 4.36. The maximum Gasteiger partial charge on any atom is 0.165 e. The van der Waals surface area contributed by atoms with Crippen LogP contribution in [0.4, 0.5) is 4.39 Å². The first kappa shape index (κ1) is 14.3. The second-order valence-corrected chi connectivity index (χ2v) is 5.54. The molecule has 1 N–H and O–H groups in total. The standard InChI is InChI=1S/C16H23FO2/c1-3-11-5-4-6-12(9-11)16(18)13-7-8-15(19-2)14(17)10-13/h7-8,10-12,16,18H,3-6,9H2,1-2H3. The van der Waals surface area contributed by atoms with Gasteiger partial charge in [-0.2, -0.15) is 0 Å². The summed E-state index contributed by atoms with van der Waals surface area (Å²) < 4.78 is 18.6. The highest BCUT2D eigenvalue weighted by atomic mass is 19.1. The third kappa shape index (κ3) is 3.27. The van der Waals surface area contributed by atoms with Crippen molar-refractivity contribution in [2.24, 2.45) is 11.8 Å². The topological polar surface area (TPSA) is 29.5 Å². The molecule has 0 radical (unpaired) electrons. The fraction of sp³-hybridized carbons (Fsp3) is 0.625. The first-order chi connectivity index (χ1) is 9.15. The van der Waals surface area contributed by atoms with E-state index in [1.165, 1.54) is 32.4 Å². The Kier molecular flexibility index (Phi) is 4.81. The van der Waals surface area contributed by atoms with E-state index in [4.69, 9.17) is 4.74 Å². The lowest BCUT2D eigenvalue weighted by molar-refractivity contribution is 0.0675. The molecule has 1 aromatic rings. The lowest BCUT2D eigenvalue weighted by Gasteiger charge is -2.32. The molecule has 0 aliphatic heterocycles. The molecule has 3 atom stereocenters. The Bertz CT molecular complexity index is 419. The minimum atomic E-state index is -0.560. The fourth-order valence-corrected chi connectivity index (χ4v) is 3.13. The van der Waals surface area contributed by atoms with Crippen molar-refractivity contribution in [3.05, 3.63) is 29.6 Å². The molecular weight excluding hydrogens is 243 g/mol. The summed E-state index contributed by atoms with van der Waals surface area (Å²) in [5, 5.41) is 10.4. The maximum atomic E-state index is 13.7. The van der Waals surface area contributed by atoms with Crippen LogP contribution in [0.25, 0.3) is 0 Å². The number of ether oxygens (including phenoxy) is 1. The normalized spacial score (nSPS) is 25.1. The first-order valence-electron chi connectivity index (χ1n) is 7.17. The van der Waals surface area contributed by atoms with Crippen molar-refractivity contribution >= 4 is 0 Å².